The SMILES string of the molecule is Cc1nn(Cc2ccccc2)c(C)c1C(=O)C(F)F. The largest absolute Gasteiger partial charge is 0.300 e. The van der Waals surface area contributed by atoms with Gasteiger partial charge in [0.15, 0.2) is 0 Å². The number of carbonyl (C=O) groups is 1. The number of ketones is 1. The van der Waals surface area contributed by atoms with E-state index in [0.717, 1.165) is 5.56 Å². The number of aromatic nitrogens is 2. The van der Waals surface area contributed by atoms with Gasteiger partial charge in [0.25, 0.3) is 0 Å². The van der Waals surface area contributed by atoms with Crippen molar-refractivity contribution in [2.24, 2.45) is 0 Å². The number of benzene rings is 1. The van der Waals surface area contributed by atoms with Crippen LogP contribution in [0.5, 0.6) is 0 Å². The number of Topliss-reactive ketones (excluding diaryl/α,β-unsaturated/α-hetero) is 1. The molecular formula is C14H14F2N2O. The van der Waals surface area contributed by atoms with Gasteiger partial charge in [-0.25, -0.2) is 8.78 Å². The van der Waals surface area contributed by atoms with Gasteiger partial charge in [-0.2, -0.15) is 5.10 Å². The van der Waals surface area contributed by atoms with E-state index in [1.54, 1.807) is 18.5 Å². The summed E-state index contributed by atoms with van der Waals surface area (Å²) in [6.07, 6.45) is -2.99. The molecule has 19 heavy (non-hydrogen) atoms. The lowest BCUT2D eigenvalue weighted by molar-refractivity contribution is 0.0677. The summed E-state index contributed by atoms with van der Waals surface area (Å²) in [4.78, 5) is 11.4. The van der Waals surface area contributed by atoms with Crippen molar-refractivity contribution in [3.63, 3.8) is 0 Å². The fourth-order valence-electron chi connectivity index (χ4n) is 2.07. The highest BCUT2D eigenvalue weighted by Crippen LogP contribution is 2.18. The van der Waals surface area contributed by atoms with E-state index in [4.69, 9.17) is 0 Å². The quantitative estimate of drug-likeness (QED) is 0.796. The Hall–Kier alpha value is -2.04. The molecule has 0 atom stereocenters. The van der Waals surface area contributed by atoms with E-state index in [9.17, 15) is 13.6 Å². The molecule has 0 unspecified atom stereocenters. The summed E-state index contributed by atoms with van der Waals surface area (Å²) in [6.45, 7) is 3.67. The van der Waals surface area contributed by atoms with Gasteiger partial charge in [-0.15, -0.1) is 0 Å². The van der Waals surface area contributed by atoms with Gasteiger partial charge >= 0.3 is 6.43 Å². The normalized spacial score (nSPS) is 11.0. The number of rotatable bonds is 4. The lowest BCUT2D eigenvalue weighted by atomic mass is 10.1. The van der Waals surface area contributed by atoms with Gasteiger partial charge in [-0.3, -0.25) is 9.48 Å². The Kier molecular flexibility index (Phi) is 3.74. The molecule has 2 aromatic rings. The molecule has 0 bridgehead atoms. The van der Waals surface area contributed by atoms with Crippen molar-refractivity contribution in [3.05, 3.63) is 52.8 Å². The topological polar surface area (TPSA) is 34.9 Å². The molecule has 0 radical (unpaired) electrons. The van der Waals surface area contributed by atoms with Crippen LogP contribution >= 0.6 is 0 Å². The van der Waals surface area contributed by atoms with Crippen LogP contribution in [0.2, 0.25) is 0 Å². The van der Waals surface area contributed by atoms with E-state index < -0.39 is 12.2 Å². The van der Waals surface area contributed by atoms with E-state index in [1.807, 2.05) is 30.3 Å². The van der Waals surface area contributed by atoms with E-state index in [1.165, 1.54) is 0 Å². The zero-order valence-electron chi connectivity index (χ0n) is 10.7. The average Bonchev–Trinajstić information content (AvgIpc) is 2.65. The minimum Gasteiger partial charge on any atom is -0.288 e. The highest BCUT2D eigenvalue weighted by molar-refractivity contribution is 6.00. The third-order valence-electron chi connectivity index (χ3n) is 3.00. The molecule has 0 amide bonds. The minimum absolute atomic E-state index is 0.0333. The van der Waals surface area contributed by atoms with Gasteiger partial charge < -0.3 is 0 Å². The molecule has 5 heteroatoms. The highest BCUT2D eigenvalue weighted by Gasteiger charge is 2.25. The first kappa shape index (κ1) is 13.4. The van der Waals surface area contributed by atoms with Crippen molar-refractivity contribution in [2.75, 3.05) is 0 Å². The van der Waals surface area contributed by atoms with Crippen molar-refractivity contribution < 1.29 is 13.6 Å². The van der Waals surface area contributed by atoms with Crippen molar-refractivity contribution >= 4 is 5.78 Å². The molecule has 2 rings (SSSR count). The Morgan fingerprint density at radius 3 is 2.47 bits per heavy atom. The van der Waals surface area contributed by atoms with Crippen LogP contribution in [0.4, 0.5) is 8.78 Å². The molecule has 0 aliphatic carbocycles. The van der Waals surface area contributed by atoms with Gasteiger partial charge in [0.1, 0.15) is 0 Å². The lowest BCUT2D eigenvalue weighted by Crippen LogP contribution is -2.13. The molecule has 1 heterocycles. The van der Waals surface area contributed by atoms with E-state index in [2.05, 4.69) is 5.10 Å². The number of carbonyl (C=O) groups excluding carboxylic acids is 1. The number of hydrogen-bond donors (Lipinski definition) is 0. The van der Waals surface area contributed by atoms with E-state index in [0.29, 0.717) is 17.9 Å². The Bertz CT molecular complexity index is 591. The molecule has 0 saturated heterocycles. The first-order valence-electron chi connectivity index (χ1n) is 5.91. The zero-order valence-corrected chi connectivity index (χ0v) is 10.7. The zero-order chi connectivity index (χ0) is 14.0. The number of nitrogens with zero attached hydrogens (tertiary/aromatic N) is 2. The second-order valence-corrected chi connectivity index (χ2v) is 4.35. The Labute approximate surface area is 109 Å². The van der Waals surface area contributed by atoms with Gasteiger partial charge in [0.05, 0.1) is 17.8 Å². The summed E-state index contributed by atoms with van der Waals surface area (Å²) < 4.78 is 26.6. The van der Waals surface area contributed by atoms with Gasteiger partial charge in [0.2, 0.25) is 5.78 Å². The number of hydrogen-bond acceptors (Lipinski definition) is 2. The molecule has 1 aromatic heterocycles. The van der Waals surface area contributed by atoms with Crippen LogP contribution in [0.25, 0.3) is 0 Å². The third kappa shape index (κ3) is 2.70. The molecule has 0 saturated carbocycles. The molecule has 0 spiro atoms. The van der Waals surface area contributed by atoms with E-state index >= 15 is 0 Å². The molecule has 0 aliphatic rings. The summed E-state index contributed by atoms with van der Waals surface area (Å²) in [5.41, 5.74) is 1.86. The van der Waals surface area contributed by atoms with Crippen LogP contribution in [-0.2, 0) is 6.54 Å². The summed E-state index contributed by atoms with van der Waals surface area (Å²) in [7, 11) is 0. The van der Waals surface area contributed by atoms with Crippen LogP contribution in [0.1, 0.15) is 27.3 Å². The smallest absolute Gasteiger partial charge is 0.288 e. The third-order valence-corrected chi connectivity index (χ3v) is 3.00. The van der Waals surface area contributed by atoms with Crippen LogP contribution < -0.4 is 0 Å². The number of halogens is 2. The van der Waals surface area contributed by atoms with Crippen molar-refractivity contribution in [3.8, 4) is 0 Å². The standard InChI is InChI=1S/C14H14F2N2O/c1-9-12(13(19)14(15)16)10(2)18(17-9)8-11-6-4-3-5-7-11/h3-7,14H,8H2,1-2H3. The molecule has 0 N–H and O–H groups in total. The summed E-state index contributed by atoms with van der Waals surface area (Å²) >= 11 is 0. The number of aryl methyl sites for hydroxylation is 1. The fourth-order valence-corrected chi connectivity index (χ4v) is 2.07. The molecule has 1 aromatic carbocycles. The maximum Gasteiger partial charge on any atom is 0.300 e. The van der Waals surface area contributed by atoms with Gasteiger partial charge in [-0.05, 0) is 19.4 Å². The Balaban J connectivity index is 2.34. The van der Waals surface area contributed by atoms with Crippen LogP contribution in [0.3, 0.4) is 0 Å². The van der Waals surface area contributed by atoms with Crippen molar-refractivity contribution in [1.82, 2.24) is 9.78 Å². The summed E-state index contributed by atoms with van der Waals surface area (Å²) in [6, 6.07) is 9.53. The summed E-state index contributed by atoms with van der Waals surface area (Å²) in [5.74, 6) is -1.16. The van der Waals surface area contributed by atoms with Crippen LogP contribution in [0, 0.1) is 13.8 Å². The maximum absolute atomic E-state index is 12.5. The fraction of sp³-hybridized carbons (Fsp3) is 0.286. The van der Waals surface area contributed by atoms with Crippen molar-refractivity contribution in [2.45, 2.75) is 26.8 Å². The van der Waals surface area contributed by atoms with E-state index in [-0.39, 0.29) is 5.56 Å². The Morgan fingerprint density at radius 1 is 1.26 bits per heavy atom. The molecule has 0 aliphatic heterocycles. The molecule has 3 nitrogen and oxygen atoms in total. The second-order valence-electron chi connectivity index (χ2n) is 4.35. The van der Waals surface area contributed by atoms with Gasteiger partial charge in [0, 0.05) is 5.69 Å². The monoisotopic (exact) mass is 264 g/mol. The average molecular weight is 264 g/mol. The summed E-state index contributed by atoms with van der Waals surface area (Å²) in [5, 5.41) is 4.17. The molecule has 0 fully saturated rings. The molecular weight excluding hydrogens is 250 g/mol. The maximum atomic E-state index is 12.5. The Morgan fingerprint density at radius 2 is 1.89 bits per heavy atom. The first-order chi connectivity index (χ1) is 9.00. The second kappa shape index (κ2) is 5.30. The van der Waals surface area contributed by atoms with Crippen LogP contribution in [0.15, 0.2) is 30.3 Å². The van der Waals surface area contributed by atoms with Gasteiger partial charge in [-0.1, -0.05) is 30.3 Å². The highest BCUT2D eigenvalue weighted by atomic mass is 19.3. The number of alkyl halides is 2. The van der Waals surface area contributed by atoms with Crippen molar-refractivity contribution in [1.29, 1.82) is 0 Å². The predicted octanol–water partition coefficient (Wildman–Crippen LogP) is 3.00. The minimum atomic E-state index is -2.99. The predicted molar refractivity (Wildman–Crippen MR) is 67.6 cm³/mol. The molecule has 100 valence electrons. The first-order valence-corrected chi connectivity index (χ1v) is 5.91. The lowest BCUT2D eigenvalue weighted by Gasteiger charge is -2.05. The van der Waals surface area contributed by atoms with Crippen LogP contribution in [-0.4, -0.2) is 22.0 Å².